The number of thioether (sulfide) groups is 1. The Morgan fingerprint density at radius 3 is 2.76 bits per heavy atom. The summed E-state index contributed by atoms with van der Waals surface area (Å²) in [7, 11) is 2.21. The molecule has 0 saturated carbocycles. The SMILES string of the molecule is CC(C)CC1CN=C(NC2CCN(C)CC2)S1. The summed E-state index contributed by atoms with van der Waals surface area (Å²) in [5.74, 6) is 0.783. The second-order valence-electron chi connectivity index (χ2n) is 5.74. The number of nitrogens with one attached hydrogen (secondary N) is 1. The zero-order valence-electron chi connectivity index (χ0n) is 11.3. The highest BCUT2D eigenvalue weighted by Gasteiger charge is 2.23. The van der Waals surface area contributed by atoms with Crippen molar-refractivity contribution >= 4 is 16.9 Å². The molecular weight excluding hydrogens is 230 g/mol. The lowest BCUT2D eigenvalue weighted by Crippen LogP contribution is -2.42. The first-order valence-electron chi connectivity index (χ1n) is 6.79. The molecular formula is C13H25N3S. The third-order valence-corrected chi connectivity index (χ3v) is 4.64. The molecule has 0 aliphatic carbocycles. The topological polar surface area (TPSA) is 27.6 Å². The van der Waals surface area contributed by atoms with E-state index in [-0.39, 0.29) is 0 Å². The maximum atomic E-state index is 4.64. The van der Waals surface area contributed by atoms with Crippen molar-refractivity contribution in [2.45, 2.75) is 44.4 Å². The molecule has 1 N–H and O–H groups in total. The van der Waals surface area contributed by atoms with Gasteiger partial charge >= 0.3 is 0 Å². The summed E-state index contributed by atoms with van der Waals surface area (Å²) in [6.45, 7) is 8.03. The number of piperidine rings is 1. The molecule has 4 heteroatoms. The number of nitrogens with zero attached hydrogens (tertiary/aromatic N) is 2. The molecule has 0 amide bonds. The van der Waals surface area contributed by atoms with E-state index in [1.165, 1.54) is 37.5 Å². The van der Waals surface area contributed by atoms with Crippen LogP contribution < -0.4 is 5.32 Å². The number of aliphatic imine (C=N–C) groups is 1. The molecule has 1 atom stereocenters. The molecule has 0 aromatic rings. The van der Waals surface area contributed by atoms with E-state index < -0.39 is 0 Å². The van der Waals surface area contributed by atoms with Crippen LogP contribution in [0.5, 0.6) is 0 Å². The van der Waals surface area contributed by atoms with Crippen LogP contribution in [-0.2, 0) is 0 Å². The standard InChI is InChI=1S/C13H25N3S/c1-10(2)8-12-9-14-13(17-12)15-11-4-6-16(3)7-5-11/h10-12H,4-9H2,1-3H3,(H,14,15). The van der Waals surface area contributed by atoms with Crippen LogP contribution in [0, 0.1) is 5.92 Å². The second-order valence-corrected chi connectivity index (χ2v) is 7.03. The predicted molar refractivity (Wildman–Crippen MR) is 76.8 cm³/mol. The number of likely N-dealkylation sites (tertiary alicyclic amines) is 1. The number of rotatable bonds is 3. The van der Waals surface area contributed by atoms with Gasteiger partial charge in [-0.15, -0.1) is 0 Å². The van der Waals surface area contributed by atoms with E-state index in [9.17, 15) is 0 Å². The maximum Gasteiger partial charge on any atom is 0.157 e. The van der Waals surface area contributed by atoms with Gasteiger partial charge in [0.05, 0.1) is 6.54 Å². The van der Waals surface area contributed by atoms with Crippen LogP contribution in [-0.4, -0.2) is 48.0 Å². The van der Waals surface area contributed by atoms with Gasteiger partial charge in [0.25, 0.3) is 0 Å². The minimum absolute atomic E-state index is 0.648. The Bertz CT molecular complexity index is 270. The predicted octanol–water partition coefficient (Wildman–Crippen LogP) is 2.19. The Labute approximate surface area is 109 Å². The highest BCUT2D eigenvalue weighted by Crippen LogP contribution is 2.26. The van der Waals surface area contributed by atoms with E-state index in [4.69, 9.17) is 0 Å². The quantitative estimate of drug-likeness (QED) is 0.838. The van der Waals surface area contributed by atoms with Crippen LogP contribution in [0.1, 0.15) is 33.1 Å². The van der Waals surface area contributed by atoms with Crippen molar-refractivity contribution in [3.63, 3.8) is 0 Å². The van der Waals surface area contributed by atoms with Gasteiger partial charge in [0, 0.05) is 11.3 Å². The average Bonchev–Trinajstić information content (AvgIpc) is 2.68. The normalized spacial score (nSPS) is 27.5. The Balaban J connectivity index is 1.70. The Kier molecular flexibility index (Phi) is 4.74. The van der Waals surface area contributed by atoms with Crippen LogP contribution >= 0.6 is 11.8 Å². The molecule has 1 unspecified atom stereocenters. The minimum atomic E-state index is 0.648. The van der Waals surface area contributed by atoms with Crippen molar-refractivity contribution in [2.75, 3.05) is 26.7 Å². The van der Waals surface area contributed by atoms with Gasteiger partial charge in [0.2, 0.25) is 0 Å². The second kappa shape index (κ2) is 6.10. The summed E-state index contributed by atoms with van der Waals surface area (Å²) >= 11 is 1.96. The maximum absolute atomic E-state index is 4.64. The first-order valence-corrected chi connectivity index (χ1v) is 7.67. The van der Waals surface area contributed by atoms with Crippen LogP contribution in [0.4, 0.5) is 0 Å². The van der Waals surface area contributed by atoms with Gasteiger partial charge in [-0.05, 0) is 45.3 Å². The molecule has 2 heterocycles. The van der Waals surface area contributed by atoms with Gasteiger partial charge in [-0.1, -0.05) is 25.6 Å². The zero-order chi connectivity index (χ0) is 12.3. The average molecular weight is 255 g/mol. The molecule has 0 spiro atoms. The van der Waals surface area contributed by atoms with E-state index in [1.54, 1.807) is 0 Å². The third kappa shape index (κ3) is 4.18. The minimum Gasteiger partial charge on any atom is -0.362 e. The van der Waals surface area contributed by atoms with Crippen LogP contribution in [0.15, 0.2) is 4.99 Å². The molecule has 2 aliphatic rings. The van der Waals surface area contributed by atoms with Crippen LogP contribution in [0.3, 0.4) is 0 Å². The van der Waals surface area contributed by atoms with Crippen molar-refractivity contribution in [1.29, 1.82) is 0 Å². The number of hydrogen-bond donors (Lipinski definition) is 1. The molecule has 0 radical (unpaired) electrons. The highest BCUT2D eigenvalue weighted by molar-refractivity contribution is 8.14. The smallest absolute Gasteiger partial charge is 0.157 e. The number of amidine groups is 1. The lowest BCUT2D eigenvalue weighted by molar-refractivity contribution is 0.247. The van der Waals surface area contributed by atoms with E-state index in [2.05, 4.69) is 36.1 Å². The molecule has 3 nitrogen and oxygen atoms in total. The monoisotopic (exact) mass is 255 g/mol. The zero-order valence-corrected chi connectivity index (χ0v) is 12.1. The lowest BCUT2D eigenvalue weighted by Gasteiger charge is -2.29. The highest BCUT2D eigenvalue weighted by atomic mass is 32.2. The van der Waals surface area contributed by atoms with Gasteiger partial charge in [-0.25, -0.2) is 0 Å². The van der Waals surface area contributed by atoms with Gasteiger partial charge in [-0.2, -0.15) is 0 Å². The summed E-state index contributed by atoms with van der Waals surface area (Å²) in [5, 5.41) is 5.54. The largest absolute Gasteiger partial charge is 0.362 e. The first-order chi connectivity index (χ1) is 8.13. The molecule has 98 valence electrons. The molecule has 2 rings (SSSR count). The molecule has 1 saturated heterocycles. The van der Waals surface area contributed by atoms with E-state index >= 15 is 0 Å². The van der Waals surface area contributed by atoms with Gasteiger partial charge < -0.3 is 10.2 Å². The molecule has 0 bridgehead atoms. The van der Waals surface area contributed by atoms with E-state index in [0.717, 1.165) is 12.5 Å². The fraction of sp³-hybridized carbons (Fsp3) is 0.923. The fourth-order valence-electron chi connectivity index (χ4n) is 2.47. The summed E-state index contributed by atoms with van der Waals surface area (Å²) in [6.07, 6.45) is 3.79. The van der Waals surface area contributed by atoms with Crippen molar-refractivity contribution in [2.24, 2.45) is 10.9 Å². The number of hydrogen-bond acceptors (Lipinski definition) is 4. The van der Waals surface area contributed by atoms with Crippen LogP contribution in [0.25, 0.3) is 0 Å². The Hall–Kier alpha value is -0.220. The van der Waals surface area contributed by atoms with Crippen molar-refractivity contribution in [3.8, 4) is 0 Å². The van der Waals surface area contributed by atoms with Gasteiger partial charge in [0.15, 0.2) is 5.17 Å². The van der Waals surface area contributed by atoms with Crippen molar-refractivity contribution < 1.29 is 0 Å². The molecule has 1 fully saturated rings. The van der Waals surface area contributed by atoms with Crippen LogP contribution in [0.2, 0.25) is 0 Å². The van der Waals surface area contributed by atoms with Crippen molar-refractivity contribution in [1.82, 2.24) is 10.2 Å². The molecule has 2 aliphatic heterocycles. The lowest BCUT2D eigenvalue weighted by atomic mass is 10.1. The Morgan fingerprint density at radius 1 is 1.41 bits per heavy atom. The summed E-state index contributed by atoms with van der Waals surface area (Å²) in [5.41, 5.74) is 0. The summed E-state index contributed by atoms with van der Waals surface area (Å²) in [6, 6.07) is 0.648. The van der Waals surface area contributed by atoms with Gasteiger partial charge in [0.1, 0.15) is 0 Å². The molecule has 17 heavy (non-hydrogen) atoms. The molecule has 0 aromatic carbocycles. The van der Waals surface area contributed by atoms with E-state index in [1.807, 2.05) is 11.8 Å². The van der Waals surface area contributed by atoms with E-state index in [0.29, 0.717) is 11.3 Å². The third-order valence-electron chi connectivity index (χ3n) is 3.50. The van der Waals surface area contributed by atoms with Crippen molar-refractivity contribution in [3.05, 3.63) is 0 Å². The summed E-state index contributed by atoms with van der Waals surface area (Å²) < 4.78 is 0. The van der Waals surface area contributed by atoms with Gasteiger partial charge in [-0.3, -0.25) is 4.99 Å². The first kappa shape index (κ1) is 13.2. The fourth-order valence-corrected chi connectivity index (χ4v) is 3.80. The summed E-state index contributed by atoms with van der Waals surface area (Å²) in [4.78, 5) is 7.04. The Morgan fingerprint density at radius 2 is 2.12 bits per heavy atom. The molecule has 0 aromatic heterocycles.